The van der Waals surface area contributed by atoms with E-state index in [0.29, 0.717) is 5.39 Å². The van der Waals surface area contributed by atoms with Gasteiger partial charge in [-0.15, -0.1) is 5.10 Å². The van der Waals surface area contributed by atoms with E-state index in [1.165, 1.54) is 23.2 Å². The van der Waals surface area contributed by atoms with Gasteiger partial charge in [-0.1, -0.05) is 17.0 Å². The van der Waals surface area contributed by atoms with Crippen molar-refractivity contribution in [3.05, 3.63) is 28.9 Å². The molecule has 0 radical (unpaired) electrons. The molecule has 25 heteroatoms. The standard InChI is InChI=1S/C20H22F2N10O9P2S2/c21-9-7-3-36-42(34,44)40-12-8(39-18(10(12)22)31-2-1-6-14(23)25-5-26-15(6)31)4-37-43(35,45)41-13(9)19(38-7)32-16-11(29-30-32)17(33)28-20(24)27-16/h1-2,5,7-10,12-13,18-19H,3-4H2,(H,34,44)(H,35,45)(H2,23,25,26)(H3,24,27,28,33)/p-2/t7-,8-,9+,10+,12-,13-,18-,19-,42?,43?/m1/s1. The summed E-state index contributed by atoms with van der Waals surface area (Å²) in [6, 6.07) is 1.54. The van der Waals surface area contributed by atoms with E-state index in [9.17, 15) is 14.3 Å². The number of nitrogens with one attached hydrogen (secondary N) is 1. The molecule has 45 heavy (non-hydrogen) atoms. The smallest absolute Gasteiger partial charge is 0.282 e. The van der Waals surface area contributed by atoms with Gasteiger partial charge in [-0.2, -0.15) is 9.67 Å². The van der Waals surface area contributed by atoms with E-state index >= 15 is 8.78 Å². The molecule has 3 aliphatic heterocycles. The highest BCUT2D eigenvalue weighted by Gasteiger charge is 2.52. The normalized spacial score (nSPS) is 37.7. The Kier molecular flexibility index (Phi) is 7.72. The van der Waals surface area contributed by atoms with Gasteiger partial charge < -0.3 is 60.7 Å². The minimum atomic E-state index is -4.63. The highest BCUT2D eigenvalue weighted by Crippen LogP contribution is 2.54. The summed E-state index contributed by atoms with van der Waals surface area (Å²) < 4.78 is 80.3. The molecule has 0 amide bonds. The largest absolute Gasteiger partial charge is 0.780 e. The fourth-order valence-electron chi connectivity index (χ4n) is 5.23. The number of anilines is 2. The lowest BCUT2D eigenvalue weighted by atomic mass is 10.1. The molecule has 10 atom stereocenters. The molecular weight excluding hydrogens is 688 g/mol. The number of nitrogen functional groups attached to an aromatic ring is 2. The first kappa shape index (κ1) is 30.9. The molecule has 242 valence electrons. The van der Waals surface area contributed by atoms with Crippen molar-refractivity contribution >= 4 is 71.5 Å². The molecule has 0 aromatic carbocycles. The van der Waals surface area contributed by atoms with Gasteiger partial charge >= 0.3 is 0 Å². The topological polar surface area (TPSA) is 255 Å². The molecule has 4 aromatic heterocycles. The van der Waals surface area contributed by atoms with Crippen LogP contribution in [0.1, 0.15) is 12.5 Å². The Morgan fingerprint density at radius 3 is 2.62 bits per heavy atom. The van der Waals surface area contributed by atoms with Gasteiger partial charge in [0.2, 0.25) is 12.7 Å². The van der Waals surface area contributed by atoms with Gasteiger partial charge in [0.05, 0.1) is 18.6 Å². The number of aromatic amines is 1. The molecule has 19 nitrogen and oxygen atoms in total. The second-order valence-corrected chi connectivity index (χ2v) is 15.4. The summed E-state index contributed by atoms with van der Waals surface area (Å²) in [5, 5.41) is 7.91. The van der Waals surface area contributed by atoms with Crippen LogP contribution >= 0.6 is 13.5 Å². The molecule has 5 N–H and O–H groups in total. The van der Waals surface area contributed by atoms with Crippen molar-refractivity contribution in [2.24, 2.45) is 0 Å². The number of alkyl halides is 2. The molecular formula is C20H20F2N10O9P2S2-2. The second kappa shape index (κ2) is 11.2. The predicted octanol–water partition coefficient (Wildman–Crippen LogP) is -0.348. The molecule has 0 aliphatic carbocycles. The Morgan fingerprint density at radius 1 is 1.07 bits per heavy atom. The van der Waals surface area contributed by atoms with Gasteiger partial charge in [0.1, 0.15) is 48.9 Å². The quantitative estimate of drug-likeness (QED) is 0.178. The molecule has 0 spiro atoms. The minimum Gasteiger partial charge on any atom is -0.780 e. The predicted molar refractivity (Wildman–Crippen MR) is 151 cm³/mol. The van der Waals surface area contributed by atoms with Crippen LogP contribution in [0, 0.1) is 0 Å². The van der Waals surface area contributed by atoms with E-state index in [-0.39, 0.29) is 28.6 Å². The van der Waals surface area contributed by atoms with Gasteiger partial charge in [0.15, 0.2) is 36.0 Å². The van der Waals surface area contributed by atoms with E-state index in [4.69, 9.17) is 63.1 Å². The number of halogens is 2. The zero-order valence-electron chi connectivity index (χ0n) is 22.2. The Bertz CT molecular complexity index is 1950. The average Bonchev–Trinajstić information content (AvgIpc) is 3.72. The lowest BCUT2D eigenvalue weighted by molar-refractivity contribution is -0.216. The summed E-state index contributed by atoms with van der Waals surface area (Å²) in [5.41, 5.74) is 10.5. The van der Waals surface area contributed by atoms with Crippen LogP contribution in [0.25, 0.3) is 22.2 Å². The van der Waals surface area contributed by atoms with Crippen molar-refractivity contribution < 1.29 is 45.8 Å². The van der Waals surface area contributed by atoms with Crippen LogP contribution in [-0.4, -0.2) is 89.5 Å². The molecule has 2 bridgehead atoms. The number of rotatable bonds is 2. The van der Waals surface area contributed by atoms with Crippen LogP contribution in [0.5, 0.6) is 0 Å². The van der Waals surface area contributed by atoms with Crippen molar-refractivity contribution in [2.45, 2.75) is 49.2 Å². The van der Waals surface area contributed by atoms with Gasteiger partial charge in [-0.05, 0) is 6.07 Å². The summed E-state index contributed by atoms with van der Waals surface area (Å²) >= 11 is 10.0. The molecule has 7 heterocycles. The summed E-state index contributed by atoms with van der Waals surface area (Å²) in [6.07, 6.45) is -11.2. The van der Waals surface area contributed by atoms with Gasteiger partial charge in [-0.25, -0.2) is 18.7 Å². The highest BCUT2D eigenvalue weighted by molar-refractivity contribution is 8.32. The van der Waals surface area contributed by atoms with E-state index in [2.05, 4.69) is 30.2 Å². The van der Waals surface area contributed by atoms with Crippen LogP contribution < -0.4 is 21.9 Å². The van der Waals surface area contributed by atoms with Crippen molar-refractivity contribution in [3.63, 3.8) is 0 Å². The Labute approximate surface area is 259 Å². The monoisotopic (exact) mass is 708 g/mol. The molecule has 3 aliphatic rings. The molecule has 3 saturated heterocycles. The summed E-state index contributed by atoms with van der Waals surface area (Å²) in [5.74, 6) is -0.181. The summed E-state index contributed by atoms with van der Waals surface area (Å²) in [7, 11) is 0. The Morgan fingerprint density at radius 2 is 1.82 bits per heavy atom. The van der Waals surface area contributed by atoms with Crippen LogP contribution in [0.3, 0.4) is 0 Å². The first-order chi connectivity index (χ1) is 21.3. The zero-order valence-corrected chi connectivity index (χ0v) is 25.6. The third kappa shape index (κ3) is 5.54. The fourth-order valence-corrected chi connectivity index (χ4v) is 8.04. The summed E-state index contributed by atoms with van der Waals surface area (Å²) in [6.45, 7) is -10.8. The van der Waals surface area contributed by atoms with Crippen molar-refractivity contribution in [1.82, 2.24) is 39.5 Å². The number of fused-ring (bicyclic) bond motifs is 5. The van der Waals surface area contributed by atoms with Crippen LogP contribution in [0.2, 0.25) is 0 Å². The maximum absolute atomic E-state index is 16.0. The Hall–Kier alpha value is -2.69. The average molecular weight is 709 g/mol. The lowest BCUT2D eigenvalue weighted by Crippen LogP contribution is -2.35. The van der Waals surface area contributed by atoms with E-state index in [1.54, 1.807) is 0 Å². The number of hydrogen-bond donors (Lipinski definition) is 3. The van der Waals surface area contributed by atoms with Crippen molar-refractivity contribution in [2.75, 3.05) is 24.7 Å². The van der Waals surface area contributed by atoms with E-state index in [1.807, 2.05) is 0 Å². The maximum atomic E-state index is 16.0. The second-order valence-electron chi connectivity index (χ2n) is 10.0. The molecule has 2 unspecified atom stereocenters. The number of ether oxygens (including phenoxy) is 2. The van der Waals surface area contributed by atoms with Gasteiger partial charge in [-0.3, -0.25) is 14.3 Å². The number of nitrogens with two attached hydrogens (primary N) is 2. The molecule has 4 aromatic rings. The molecule has 7 rings (SSSR count). The minimum absolute atomic E-state index is 0.133. The molecule has 0 saturated carbocycles. The first-order valence-electron chi connectivity index (χ1n) is 12.9. The van der Waals surface area contributed by atoms with Crippen molar-refractivity contribution in [3.8, 4) is 0 Å². The SMILES string of the molecule is Nc1nc2c(nnn2[C@@H]2O[C@@H]3COP([O-])(=S)O[C@H]4[C@H](F)[C@H](n5ccc6c(N)ncnc65)O[C@@H]4COP(=O)([S-])O[C@@H]2[C@H]3F)c(=O)[nH]1. The van der Waals surface area contributed by atoms with Gasteiger partial charge in [0, 0.05) is 6.20 Å². The number of nitrogens with zero attached hydrogens (tertiary/aromatic N) is 7. The van der Waals surface area contributed by atoms with Crippen LogP contribution in [0.15, 0.2) is 23.4 Å². The highest BCUT2D eigenvalue weighted by atomic mass is 32.7. The van der Waals surface area contributed by atoms with Crippen LogP contribution in [0.4, 0.5) is 20.5 Å². The third-order valence-corrected chi connectivity index (χ3v) is 10.3. The Balaban J connectivity index is 1.21. The zero-order chi connectivity index (χ0) is 31.8. The molecule has 3 fully saturated rings. The third-order valence-electron chi connectivity index (χ3n) is 7.23. The van der Waals surface area contributed by atoms with E-state index < -0.39 is 81.5 Å². The van der Waals surface area contributed by atoms with Gasteiger partial charge in [0.25, 0.3) is 5.56 Å². The first-order valence-corrected chi connectivity index (χ1v) is 18.0. The number of hydrogen-bond acceptors (Lipinski definition) is 18. The van der Waals surface area contributed by atoms with E-state index in [0.717, 1.165) is 4.68 Å². The number of aromatic nitrogens is 8. The fraction of sp³-hybridized carbons (Fsp3) is 0.500. The summed E-state index contributed by atoms with van der Waals surface area (Å²) in [4.78, 5) is 39.7. The van der Waals surface area contributed by atoms with Crippen LogP contribution in [-0.2, 0) is 56.2 Å². The van der Waals surface area contributed by atoms with Crippen molar-refractivity contribution in [1.29, 1.82) is 0 Å². The maximum Gasteiger partial charge on any atom is 0.282 e. The lowest BCUT2D eigenvalue weighted by Gasteiger charge is -2.34. The number of H-pyrrole nitrogens is 1.